The molecule has 0 aliphatic carbocycles. The number of fused-ring (bicyclic) bond motifs is 20. The Bertz CT molecular complexity index is 2940. The van der Waals surface area contributed by atoms with Gasteiger partial charge in [-0.1, -0.05) is 139 Å². The molecule has 0 radical (unpaired) electrons. The molecule has 14 nitrogen and oxygen atoms in total. The van der Waals surface area contributed by atoms with E-state index in [-0.39, 0.29) is 48.9 Å². The summed E-state index contributed by atoms with van der Waals surface area (Å²) in [5, 5.41) is 22.8. The van der Waals surface area contributed by atoms with Crippen LogP contribution in [0.1, 0.15) is 69.2 Å². The number of carbonyl (C=O) groups excluding carboxylic acids is 2. The minimum atomic E-state index is -0.876. The topological polar surface area (TPSA) is 199 Å². The van der Waals surface area contributed by atoms with E-state index in [1.807, 2.05) is 139 Å². The molecule has 69 heavy (non-hydrogen) atoms. The molecule has 0 saturated heterocycles. The third-order valence-corrected chi connectivity index (χ3v) is 11.6. The quantitative estimate of drug-likeness (QED) is 0.0905. The van der Waals surface area contributed by atoms with Crippen molar-refractivity contribution in [1.29, 1.82) is 0 Å². The molecule has 5 heterocycles. The fraction of sp³-hybridized carbons (Fsp3) is 0.296. The van der Waals surface area contributed by atoms with Gasteiger partial charge in [0.15, 0.2) is 11.6 Å². The number of hydrogen-bond donors (Lipinski definition) is 2. The van der Waals surface area contributed by atoms with Crippen LogP contribution in [0.15, 0.2) is 121 Å². The number of methoxy groups -OCH3 is 2. The number of benzene rings is 4. The van der Waals surface area contributed by atoms with E-state index >= 15 is 0 Å². The van der Waals surface area contributed by atoms with Crippen molar-refractivity contribution in [3.05, 3.63) is 121 Å². The van der Waals surface area contributed by atoms with E-state index in [9.17, 15) is 19.8 Å². The molecular weight excluding hydrogens is 1040 g/mol. The first-order valence-corrected chi connectivity index (χ1v) is 22.1. The predicted molar refractivity (Wildman–Crippen MR) is 267 cm³/mol. The molecule has 8 bridgehead atoms. The van der Waals surface area contributed by atoms with Crippen LogP contribution in [0.4, 0.5) is 0 Å². The molecule has 0 atom stereocenters. The van der Waals surface area contributed by atoms with Gasteiger partial charge < -0.3 is 49.6 Å². The zero-order chi connectivity index (χ0) is 49.3. The number of ether oxygens (including phenoxy) is 2. The van der Waals surface area contributed by atoms with Gasteiger partial charge in [-0.15, -0.1) is 0 Å². The summed E-state index contributed by atoms with van der Waals surface area (Å²) in [6, 6.07) is 31.8. The number of nitrogens with zero attached hydrogens (tertiary/aromatic N) is 8. The molecular formula is C54H56HfN8O6-2. The molecule has 3 aromatic heterocycles. The second kappa shape index (κ2) is 20.2. The smallest absolute Gasteiger partial charge is 0.190 e. The summed E-state index contributed by atoms with van der Waals surface area (Å²) in [5.74, 6) is 1.90. The Balaban J connectivity index is 0.000000225. The Hall–Kier alpha value is -6.55. The molecule has 7 aromatic rings. The summed E-state index contributed by atoms with van der Waals surface area (Å²) in [7, 11) is 2.94. The third kappa shape index (κ3) is 11.2. The van der Waals surface area contributed by atoms with Crippen LogP contribution in [0.3, 0.4) is 0 Å². The zero-order valence-corrected chi connectivity index (χ0v) is 44.6. The Morgan fingerprint density at radius 1 is 0.435 bits per heavy atom. The molecule has 0 saturated carbocycles. The summed E-state index contributed by atoms with van der Waals surface area (Å²) < 4.78 is 10.0. The maximum atomic E-state index is 11.6. The van der Waals surface area contributed by atoms with E-state index in [2.05, 4.69) is 0 Å². The second-order valence-electron chi connectivity index (χ2n) is 19.4. The van der Waals surface area contributed by atoms with Crippen LogP contribution >= 0.6 is 0 Å². The van der Waals surface area contributed by atoms with Crippen molar-refractivity contribution in [3.8, 4) is 45.6 Å². The summed E-state index contributed by atoms with van der Waals surface area (Å²) in [6.45, 7) is 17.7. The fourth-order valence-corrected chi connectivity index (χ4v) is 6.69. The van der Waals surface area contributed by atoms with Crippen molar-refractivity contribution < 1.29 is 55.1 Å². The number of ketones is 2. The van der Waals surface area contributed by atoms with Crippen LogP contribution in [-0.4, -0.2) is 77.1 Å². The normalized spacial score (nSPS) is 12.8. The third-order valence-electron chi connectivity index (χ3n) is 11.6. The van der Waals surface area contributed by atoms with Crippen LogP contribution in [0, 0.1) is 10.8 Å². The molecule has 0 fully saturated rings. The van der Waals surface area contributed by atoms with Crippen LogP contribution in [0.5, 0.6) is 0 Å². The van der Waals surface area contributed by atoms with Crippen molar-refractivity contribution in [2.24, 2.45) is 10.8 Å². The summed E-state index contributed by atoms with van der Waals surface area (Å²) >= 11 is 0. The average molecular weight is 1090 g/mol. The van der Waals surface area contributed by atoms with E-state index in [1.54, 1.807) is 27.7 Å². The number of aliphatic hydroxyl groups excluding tert-OH is 2. The van der Waals surface area contributed by atoms with Crippen molar-refractivity contribution in [2.45, 2.75) is 80.4 Å². The maximum absolute atomic E-state index is 11.6. The summed E-state index contributed by atoms with van der Waals surface area (Å²) in [6.07, 6.45) is 2.48. The standard InChI is InChI=1S/C32H16N8.2C11H20O3.Hf/c1-2-10-18-17(9-1)25-33-26(18)38-28-21-13-5-6-14-22(21)30(35-28)40-32-24-16-8-7-15-23(24)31(36-32)39-29-20-12-4-3-11-19(20)27(34-29)37-25;2*1-10(2,3)8(12)7-9(13)11(4,5)14-6;/h1-16H;2*7,12H,1-6H3;/q-2;;;. The van der Waals surface area contributed by atoms with E-state index in [1.165, 1.54) is 26.4 Å². The molecule has 15 heteroatoms. The van der Waals surface area contributed by atoms with Crippen molar-refractivity contribution >= 4 is 55.7 Å². The molecule has 0 spiro atoms. The van der Waals surface area contributed by atoms with E-state index < -0.39 is 22.0 Å². The van der Waals surface area contributed by atoms with Gasteiger partial charge in [0, 0.05) is 108 Å². The molecule has 9 rings (SSSR count). The Morgan fingerprint density at radius 2 is 0.667 bits per heavy atom. The molecule has 2 aliphatic rings. The summed E-state index contributed by atoms with van der Waals surface area (Å²) in [5.41, 5.74) is 3.22. The zero-order valence-electron chi connectivity index (χ0n) is 41.0. The Kier molecular flexibility index (Phi) is 15.2. The van der Waals surface area contributed by atoms with Gasteiger partial charge in [-0.3, -0.25) is 9.59 Å². The molecule has 4 aromatic carbocycles. The minimum absolute atomic E-state index is 0. The number of aliphatic hydroxyl groups is 2. The molecule has 0 unspecified atom stereocenters. The second-order valence-corrected chi connectivity index (χ2v) is 19.4. The molecule has 0 amide bonds. The van der Waals surface area contributed by atoms with Gasteiger partial charge in [-0.25, -0.2) is 9.97 Å². The van der Waals surface area contributed by atoms with Gasteiger partial charge in [0.25, 0.3) is 0 Å². The van der Waals surface area contributed by atoms with Gasteiger partial charge in [-0.05, 0) is 49.2 Å². The van der Waals surface area contributed by atoms with Crippen LogP contribution in [-0.2, 0) is 44.9 Å². The van der Waals surface area contributed by atoms with Gasteiger partial charge >= 0.3 is 0 Å². The van der Waals surface area contributed by atoms with Crippen molar-refractivity contribution in [2.75, 3.05) is 14.2 Å². The molecule has 2 N–H and O–H groups in total. The number of carbonyl (C=O) groups is 2. The predicted octanol–water partition coefficient (Wildman–Crippen LogP) is 11.1. The largest absolute Gasteiger partial charge is 0.512 e. The van der Waals surface area contributed by atoms with Crippen LogP contribution < -0.4 is 9.97 Å². The summed E-state index contributed by atoms with van der Waals surface area (Å²) in [4.78, 5) is 62.5. The van der Waals surface area contributed by atoms with Crippen molar-refractivity contribution in [1.82, 2.24) is 39.9 Å². The number of hydrogen-bond acceptors (Lipinski definition) is 12. The van der Waals surface area contributed by atoms with E-state index in [0.717, 1.165) is 43.8 Å². The first kappa shape index (κ1) is 51.8. The number of aromatic nitrogens is 8. The number of allylic oxidation sites excluding steroid dienone is 2. The Morgan fingerprint density at radius 3 is 0.884 bits per heavy atom. The van der Waals surface area contributed by atoms with Gasteiger partial charge in [0.05, 0.1) is 23.3 Å². The first-order valence-electron chi connectivity index (χ1n) is 22.1. The van der Waals surface area contributed by atoms with Crippen molar-refractivity contribution in [3.63, 3.8) is 0 Å². The first-order chi connectivity index (χ1) is 32.0. The average Bonchev–Trinajstić information content (AvgIpc) is 4.04. The van der Waals surface area contributed by atoms with E-state index in [0.29, 0.717) is 45.9 Å². The van der Waals surface area contributed by atoms with Crippen LogP contribution in [0.25, 0.3) is 89.7 Å². The van der Waals surface area contributed by atoms with Gasteiger partial charge in [0.2, 0.25) is 0 Å². The minimum Gasteiger partial charge on any atom is -0.512 e. The van der Waals surface area contributed by atoms with Gasteiger partial charge in [0.1, 0.15) is 22.7 Å². The Labute approximate surface area is 420 Å². The maximum Gasteiger partial charge on any atom is 0.190 e. The van der Waals surface area contributed by atoms with E-state index in [4.69, 9.17) is 49.3 Å². The SMILES string of the molecule is COC(C)(C)C(=O)C=C(O)C(C)(C)C.COC(C)(C)C(=O)C=C(O)C(C)(C)C.[Hf].c1ccc2c(c1)-c1nc-2nc2[n-]c(nc3nc(nc4[n-]c(n1)c1ccccc41)-c1ccccc1-3)c1ccccc21. The fourth-order valence-electron chi connectivity index (χ4n) is 6.69. The molecule has 2 aliphatic heterocycles. The number of rotatable bonds is 6. The molecule has 354 valence electrons. The van der Waals surface area contributed by atoms with Gasteiger partial charge in [-0.2, -0.15) is 0 Å². The van der Waals surface area contributed by atoms with Crippen LogP contribution in [0.2, 0.25) is 0 Å². The monoisotopic (exact) mass is 1090 g/mol.